The van der Waals surface area contributed by atoms with Crippen LogP contribution in [-0.2, 0) is 9.47 Å². The first-order valence-corrected chi connectivity index (χ1v) is 8.74. The molecule has 126 valence electrons. The van der Waals surface area contributed by atoms with Gasteiger partial charge in [-0.15, -0.1) is 0 Å². The summed E-state index contributed by atoms with van der Waals surface area (Å²) >= 11 is 0. The zero-order valence-corrected chi connectivity index (χ0v) is 13.4. The third-order valence-electron chi connectivity index (χ3n) is 4.66. The van der Waals surface area contributed by atoms with E-state index in [4.69, 9.17) is 13.9 Å². The van der Waals surface area contributed by atoms with Crippen molar-refractivity contribution in [2.75, 3.05) is 0 Å². The summed E-state index contributed by atoms with van der Waals surface area (Å²) in [6.07, 6.45) is 10.3. The molecule has 0 radical (unpaired) electrons. The topological polar surface area (TPSA) is 65.7 Å². The van der Waals surface area contributed by atoms with Gasteiger partial charge in [0.15, 0.2) is 0 Å². The van der Waals surface area contributed by atoms with Crippen LogP contribution in [-0.4, -0.2) is 24.1 Å². The van der Waals surface area contributed by atoms with Crippen LogP contribution in [0, 0.1) is 0 Å². The highest BCUT2D eigenvalue weighted by atomic mass is 16.6. The van der Waals surface area contributed by atoms with E-state index in [0.717, 1.165) is 51.4 Å². The minimum Gasteiger partial charge on any atom is -0.457 e. The molecule has 2 saturated carbocycles. The molecule has 1 aromatic heterocycles. The van der Waals surface area contributed by atoms with Crippen molar-refractivity contribution in [1.82, 2.24) is 0 Å². The van der Waals surface area contributed by atoms with Crippen molar-refractivity contribution in [3.8, 4) is 0 Å². The number of furan rings is 1. The van der Waals surface area contributed by atoms with Crippen LogP contribution in [0.4, 0.5) is 0 Å². The standard InChI is InChI=1S/C18H24O5/c19-17(21-13-7-3-1-4-8-13)15-11-12-16(23-15)18(20)22-14-9-5-2-6-10-14/h11-14H,1-10H2. The average Bonchev–Trinajstić information content (AvgIpc) is 3.07. The Morgan fingerprint density at radius 2 is 1.13 bits per heavy atom. The Bertz CT molecular complexity index is 489. The summed E-state index contributed by atoms with van der Waals surface area (Å²) in [5.41, 5.74) is 0. The lowest BCUT2D eigenvalue weighted by atomic mass is 9.98. The molecule has 5 heteroatoms. The molecule has 0 spiro atoms. The van der Waals surface area contributed by atoms with Gasteiger partial charge in [0.1, 0.15) is 12.2 Å². The van der Waals surface area contributed by atoms with Gasteiger partial charge in [-0.25, -0.2) is 9.59 Å². The average molecular weight is 320 g/mol. The third-order valence-corrected chi connectivity index (χ3v) is 4.66. The summed E-state index contributed by atoms with van der Waals surface area (Å²) in [7, 11) is 0. The minimum atomic E-state index is -0.492. The predicted molar refractivity (Wildman–Crippen MR) is 83.3 cm³/mol. The first-order chi connectivity index (χ1) is 11.2. The molecule has 2 aliphatic carbocycles. The van der Waals surface area contributed by atoms with Gasteiger partial charge in [0.2, 0.25) is 11.5 Å². The zero-order valence-electron chi connectivity index (χ0n) is 13.4. The quantitative estimate of drug-likeness (QED) is 0.776. The highest BCUT2D eigenvalue weighted by molar-refractivity contribution is 5.91. The summed E-state index contributed by atoms with van der Waals surface area (Å²) in [5.74, 6) is -0.834. The number of hydrogen-bond donors (Lipinski definition) is 0. The predicted octanol–water partition coefficient (Wildman–Crippen LogP) is 4.26. The van der Waals surface area contributed by atoms with Crippen molar-refractivity contribution in [3.63, 3.8) is 0 Å². The van der Waals surface area contributed by atoms with Gasteiger partial charge in [0.25, 0.3) is 0 Å². The number of carbonyl (C=O) groups is 2. The fourth-order valence-electron chi connectivity index (χ4n) is 3.34. The van der Waals surface area contributed by atoms with Crippen molar-refractivity contribution in [2.24, 2.45) is 0 Å². The molecule has 0 bridgehead atoms. The Hall–Kier alpha value is -1.78. The normalized spacial score (nSPS) is 20.2. The van der Waals surface area contributed by atoms with Crippen molar-refractivity contribution < 1.29 is 23.5 Å². The van der Waals surface area contributed by atoms with Gasteiger partial charge in [-0.2, -0.15) is 0 Å². The molecule has 0 atom stereocenters. The van der Waals surface area contributed by atoms with Gasteiger partial charge < -0.3 is 13.9 Å². The van der Waals surface area contributed by atoms with Gasteiger partial charge in [0, 0.05) is 0 Å². The van der Waals surface area contributed by atoms with E-state index >= 15 is 0 Å². The van der Waals surface area contributed by atoms with Crippen molar-refractivity contribution >= 4 is 11.9 Å². The number of hydrogen-bond acceptors (Lipinski definition) is 5. The smallest absolute Gasteiger partial charge is 0.374 e. The largest absolute Gasteiger partial charge is 0.457 e. The monoisotopic (exact) mass is 320 g/mol. The SMILES string of the molecule is O=C(OC1CCCCC1)c1ccc(C(=O)OC2CCCCC2)o1. The van der Waals surface area contributed by atoms with Crippen LogP contribution >= 0.6 is 0 Å². The van der Waals surface area contributed by atoms with E-state index in [9.17, 15) is 9.59 Å². The van der Waals surface area contributed by atoms with Crippen LogP contribution in [0.15, 0.2) is 16.5 Å². The first kappa shape index (κ1) is 16.1. The van der Waals surface area contributed by atoms with Gasteiger partial charge in [0.05, 0.1) is 0 Å². The van der Waals surface area contributed by atoms with Gasteiger partial charge in [-0.3, -0.25) is 0 Å². The molecule has 2 fully saturated rings. The van der Waals surface area contributed by atoms with E-state index in [2.05, 4.69) is 0 Å². The van der Waals surface area contributed by atoms with Crippen molar-refractivity contribution in [1.29, 1.82) is 0 Å². The van der Waals surface area contributed by atoms with E-state index in [1.165, 1.54) is 25.0 Å². The number of carbonyl (C=O) groups excluding carboxylic acids is 2. The van der Waals surface area contributed by atoms with Crippen LogP contribution in [0.25, 0.3) is 0 Å². The number of rotatable bonds is 4. The summed E-state index contributed by atoms with van der Waals surface area (Å²) < 4.78 is 16.2. The van der Waals surface area contributed by atoms with Crippen LogP contribution in [0.2, 0.25) is 0 Å². The summed E-state index contributed by atoms with van der Waals surface area (Å²) in [6, 6.07) is 2.98. The van der Waals surface area contributed by atoms with E-state index in [0.29, 0.717) is 0 Å². The van der Waals surface area contributed by atoms with Crippen molar-refractivity contribution in [3.05, 3.63) is 23.7 Å². The highest BCUT2D eigenvalue weighted by Crippen LogP contribution is 2.23. The molecule has 1 heterocycles. The third kappa shape index (κ3) is 4.36. The molecule has 0 aliphatic heterocycles. The summed E-state index contributed by atoms with van der Waals surface area (Å²) in [4.78, 5) is 24.1. The maximum Gasteiger partial charge on any atom is 0.374 e. The second-order valence-corrected chi connectivity index (χ2v) is 6.49. The molecule has 0 saturated heterocycles. The number of ether oxygens (including phenoxy) is 2. The van der Waals surface area contributed by atoms with E-state index in [1.807, 2.05) is 0 Å². The Morgan fingerprint density at radius 3 is 1.52 bits per heavy atom. The molecular formula is C18H24O5. The van der Waals surface area contributed by atoms with Crippen LogP contribution in [0.3, 0.4) is 0 Å². The van der Waals surface area contributed by atoms with Crippen LogP contribution in [0.1, 0.15) is 85.3 Å². The lowest BCUT2D eigenvalue weighted by molar-refractivity contribution is 0.0145. The maximum atomic E-state index is 12.1. The molecule has 0 aromatic carbocycles. The van der Waals surface area contributed by atoms with E-state index in [-0.39, 0.29) is 23.7 Å². The lowest BCUT2D eigenvalue weighted by Gasteiger charge is -2.21. The Balaban J connectivity index is 1.53. The molecular weight excluding hydrogens is 296 g/mol. The van der Waals surface area contributed by atoms with E-state index in [1.54, 1.807) is 0 Å². The van der Waals surface area contributed by atoms with Crippen LogP contribution in [0.5, 0.6) is 0 Å². The second kappa shape index (κ2) is 7.66. The van der Waals surface area contributed by atoms with Gasteiger partial charge >= 0.3 is 11.9 Å². The molecule has 2 aliphatic rings. The second-order valence-electron chi connectivity index (χ2n) is 6.49. The molecule has 0 amide bonds. The molecule has 3 rings (SSSR count). The molecule has 5 nitrogen and oxygen atoms in total. The molecule has 23 heavy (non-hydrogen) atoms. The summed E-state index contributed by atoms with van der Waals surface area (Å²) in [6.45, 7) is 0. The Kier molecular flexibility index (Phi) is 5.36. The first-order valence-electron chi connectivity index (χ1n) is 8.74. The molecule has 0 N–H and O–H groups in total. The Morgan fingerprint density at radius 1 is 0.739 bits per heavy atom. The molecule has 0 unspecified atom stereocenters. The maximum absolute atomic E-state index is 12.1. The zero-order chi connectivity index (χ0) is 16.1. The summed E-state index contributed by atoms with van der Waals surface area (Å²) in [5, 5.41) is 0. The Labute approximate surface area is 136 Å². The fourth-order valence-corrected chi connectivity index (χ4v) is 3.34. The van der Waals surface area contributed by atoms with Crippen LogP contribution < -0.4 is 0 Å². The van der Waals surface area contributed by atoms with Gasteiger partial charge in [-0.05, 0) is 63.5 Å². The minimum absolute atomic E-state index is 0.0287. The van der Waals surface area contributed by atoms with E-state index < -0.39 is 11.9 Å². The lowest BCUT2D eigenvalue weighted by Crippen LogP contribution is -2.21. The molecule has 1 aromatic rings. The highest BCUT2D eigenvalue weighted by Gasteiger charge is 2.24. The van der Waals surface area contributed by atoms with Gasteiger partial charge in [-0.1, -0.05) is 12.8 Å². The fraction of sp³-hybridized carbons (Fsp3) is 0.667. The van der Waals surface area contributed by atoms with Crippen molar-refractivity contribution in [2.45, 2.75) is 76.4 Å². The number of esters is 2.